The number of rotatable bonds is 10. The van der Waals surface area contributed by atoms with Crippen molar-refractivity contribution in [2.24, 2.45) is 5.92 Å². The van der Waals surface area contributed by atoms with Gasteiger partial charge in [-0.3, -0.25) is 9.59 Å². The summed E-state index contributed by atoms with van der Waals surface area (Å²) in [6.07, 6.45) is 4.56. The Hall–Kier alpha value is -2.10. The highest BCUT2D eigenvalue weighted by Crippen LogP contribution is 2.15. The van der Waals surface area contributed by atoms with Crippen LogP contribution < -0.4 is 0 Å². The third kappa shape index (κ3) is 8.32. The Bertz CT molecular complexity index is 588. The molecule has 4 heteroatoms. The molecule has 0 bridgehead atoms. The third-order valence-electron chi connectivity index (χ3n) is 4.20. The van der Waals surface area contributed by atoms with Crippen molar-refractivity contribution in [2.45, 2.75) is 53.4 Å². The van der Waals surface area contributed by atoms with E-state index in [1.165, 1.54) is 5.56 Å². The summed E-state index contributed by atoms with van der Waals surface area (Å²) in [6.45, 7) is 11.8. The first-order chi connectivity index (χ1) is 12.3. The molecular formula is C22H33NO3. The Morgan fingerprint density at radius 2 is 1.73 bits per heavy atom. The van der Waals surface area contributed by atoms with Gasteiger partial charge in [-0.25, -0.2) is 0 Å². The summed E-state index contributed by atoms with van der Waals surface area (Å²) in [5.74, 6) is 0.662. The molecule has 1 aromatic rings. The second-order valence-corrected chi connectivity index (χ2v) is 7.22. The van der Waals surface area contributed by atoms with E-state index in [-0.39, 0.29) is 18.3 Å². The molecular weight excluding hydrogens is 326 g/mol. The maximum atomic E-state index is 12.6. The molecule has 0 fully saturated rings. The predicted octanol–water partition coefficient (Wildman–Crippen LogP) is 4.65. The molecule has 0 saturated heterocycles. The first kappa shape index (κ1) is 21.9. The van der Waals surface area contributed by atoms with Crippen molar-refractivity contribution < 1.29 is 14.3 Å². The Labute approximate surface area is 158 Å². The third-order valence-corrected chi connectivity index (χ3v) is 4.20. The Morgan fingerprint density at radius 3 is 2.27 bits per heavy atom. The average Bonchev–Trinajstić information content (AvgIpc) is 2.60. The van der Waals surface area contributed by atoms with Crippen LogP contribution in [0.4, 0.5) is 0 Å². The minimum absolute atomic E-state index is 0.0668. The number of esters is 1. The second kappa shape index (κ2) is 11.5. The van der Waals surface area contributed by atoms with Gasteiger partial charge in [-0.1, -0.05) is 52.0 Å². The van der Waals surface area contributed by atoms with Crippen molar-refractivity contribution >= 4 is 18.0 Å². The maximum Gasteiger partial charge on any atom is 0.307 e. The lowest BCUT2D eigenvalue weighted by atomic mass is 10.0. The van der Waals surface area contributed by atoms with Gasteiger partial charge in [-0.05, 0) is 42.4 Å². The fourth-order valence-corrected chi connectivity index (χ4v) is 2.47. The van der Waals surface area contributed by atoms with Gasteiger partial charge in [-0.2, -0.15) is 0 Å². The minimum atomic E-state index is -0.261. The van der Waals surface area contributed by atoms with Crippen molar-refractivity contribution in [2.75, 3.05) is 19.7 Å². The molecule has 0 aromatic heterocycles. The van der Waals surface area contributed by atoms with Crippen LogP contribution in [0.25, 0.3) is 6.08 Å². The van der Waals surface area contributed by atoms with Gasteiger partial charge in [0.25, 0.3) is 0 Å². The Balaban J connectivity index is 2.71. The van der Waals surface area contributed by atoms with Crippen molar-refractivity contribution in [3.8, 4) is 0 Å². The summed E-state index contributed by atoms with van der Waals surface area (Å²) in [5.41, 5.74) is 2.28. The first-order valence-corrected chi connectivity index (χ1v) is 9.56. The van der Waals surface area contributed by atoms with Crippen LogP contribution in [0.5, 0.6) is 0 Å². The molecule has 1 rings (SSSR count). The molecule has 0 radical (unpaired) electrons. The van der Waals surface area contributed by atoms with Crippen LogP contribution >= 0.6 is 0 Å². The summed E-state index contributed by atoms with van der Waals surface area (Å²) in [4.78, 5) is 25.9. The van der Waals surface area contributed by atoms with Gasteiger partial charge in [-0.15, -0.1) is 0 Å². The molecule has 1 amide bonds. The molecule has 0 heterocycles. The zero-order valence-electron chi connectivity index (χ0n) is 16.8. The van der Waals surface area contributed by atoms with E-state index in [1.807, 2.05) is 18.2 Å². The average molecular weight is 360 g/mol. The van der Waals surface area contributed by atoms with Crippen LogP contribution in [0, 0.1) is 5.92 Å². The lowest BCUT2D eigenvalue weighted by Gasteiger charge is -2.22. The zero-order chi connectivity index (χ0) is 19.5. The van der Waals surface area contributed by atoms with E-state index in [9.17, 15) is 9.59 Å². The maximum absolute atomic E-state index is 12.6. The van der Waals surface area contributed by atoms with E-state index >= 15 is 0 Å². The lowest BCUT2D eigenvalue weighted by Crippen LogP contribution is -2.33. The second-order valence-electron chi connectivity index (χ2n) is 7.22. The number of hydrogen-bond acceptors (Lipinski definition) is 3. The molecule has 0 aliphatic rings. The van der Waals surface area contributed by atoms with Gasteiger partial charge in [0, 0.05) is 19.2 Å². The van der Waals surface area contributed by atoms with Gasteiger partial charge >= 0.3 is 5.97 Å². The molecule has 1 aromatic carbocycles. The summed E-state index contributed by atoms with van der Waals surface area (Å²) < 4.78 is 4.96. The molecule has 0 spiro atoms. The van der Waals surface area contributed by atoms with Crippen LogP contribution in [-0.2, 0) is 14.3 Å². The van der Waals surface area contributed by atoms with Gasteiger partial charge in [0.15, 0.2) is 0 Å². The fraction of sp³-hybridized carbons (Fsp3) is 0.545. The molecule has 0 saturated carbocycles. The number of carbonyl (C=O) groups excluding carboxylic acids is 2. The fourth-order valence-electron chi connectivity index (χ4n) is 2.47. The van der Waals surface area contributed by atoms with Crippen LogP contribution in [0.15, 0.2) is 30.3 Å². The molecule has 0 aliphatic heterocycles. The van der Waals surface area contributed by atoms with Crippen molar-refractivity contribution in [1.29, 1.82) is 0 Å². The SMILES string of the molecule is CCOC(=O)CCN(CCC(C)C)C(=O)/C=C/c1ccc(C(C)C)cc1. The summed E-state index contributed by atoms with van der Waals surface area (Å²) >= 11 is 0. The number of benzene rings is 1. The number of hydrogen-bond donors (Lipinski definition) is 0. The minimum Gasteiger partial charge on any atom is -0.466 e. The predicted molar refractivity (Wildman–Crippen MR) is 107 cm³/mol. The first-order valence-electron chi connectivity index (χ1n) is 9.56. The van der Waals surface area contributed by atoms with E-state index < -0.39 is 0 Å². The van der Waals surface area contributed by atoms with Gasteiger partial charge in [0.2, 0.25) is 5.91 Å². The van der Waals surface area contributed by atoms with Gasteiger partial charge < -0.3 is 9.64 Å². The number of carbonyl (C=O) groups is 2. The highest BCUT2D eigenvalue weighted by atomic mass is 16.5. The number of nitrogens with zero attached hydrogens (tertiary/aromatic N) is 1. The van der Waals surface area contributed by atoms with Gasteiger partial charge in [0.05, 0.1) is 13.0 Å². The van der Waals surface area contributed by atoms with E-state index in [1.54, 1.807) is 17.9 Å². The smallest absolute Gasteiger partial charge is 0.307 e. The molecule has 0 atom stereocenters. The Morgan fingerprint density at radius 1 is 1.08 bits per heavy atom. The molecule has 0 N–H and O–H groups in total. The molecule has 0 aliphatic carbocycles. The van der Waals surface area contributed by atoms with Crippen LogP contribution in [0.2, 0.25) is 0 Å². The number of amides is 1. The van der Waals surface area contributed by atoms with Gasteiger partial charge in [0.1, 0.15) is 0 Å². The largest absolute Gasteiger partial charge is 0.466 e. The summed E-state index contributed by atoms with van der Waals surface area (Å²) in [7, 11) is 0. The van der Waals surface area contributed by atoms with Crippen molar-refractivity contribution in [3.63, 3.8) is 0 Å². The van der Waals surface area contributed by atoms with Crippen molar-refractivity contribution in [1.82, 2.24) is 4.90 Å². The van der Waals surface area contributed by atoms with Crippen LogP contribution in [0.3, 0.4) is 0 Å². The summed E-state index contributed by atoms with van der Waals surface area (Å²) in [5, 5.41) is 0. The lowest BCUT2D eigenvalue weighted by molar-refractivity contribution is -0.143. The Kier molecular flexibility index (Phi) is 9.71. The van der Waals surface area contributed by atoms with E-state index in [2.05, 4.69) is 39.8 Å². The standard InChI is InChI=1S/C22H33NO3/c1-6-26-22(25)14-16-23(15-13-17(2)3)21(24)12-9-19-7-10-20(11-8-19)18(4)5/h7-12,17-18H,6,13-16H2,1-5H3/b12-9+. The topological polar surface area (TPSA) is 46.6 Å². The number of ether oxygens (including phenoxy) is 1. The van der Waals surface area contributed by atoms with E-state index in [0.717, 1.165) is 12.0 Å². The summed E-state index contributed by atoms with van der Waals surface area (Å²) in [6, 6.07) is 8.23. The molecule has 0 unspecified atom stereocenters. The molecule has 4 nitrogen and oxygen atoms in total. The van der Waals surface area contributed by atoms with Crippen LogP contribution in [-0.4, -0.2) is 36.5 Å². The normalized spacial score (nSPS) is 11.3. The monoisotopic (exact) mass is 359 g/mol. The van der Waals surface area contributed by atoms with Crippen molar-refractivity contribution in [3.05, 3.63) is 41.5 Å². The van der Waals surface area contributed by atoms with E-state index in [0.29, 0.717) is 31.5 Å². The molecule has 144 valence electrons. The zero-order valence-corrected chi connectivity index (χ0v) is 16.8. The molecule has 26 heavy (non-hydrogen) atoms. The van der Waals surface area contributed by atoms with Crippen LogP contribution in [0.1, 0.15) is 64.5 Å². The highest BCUT2D eigenvalue weighted by Gasteiger charge is 2.14. The quantitative estimate of drug-likeness (QED) is 0.451. The highest BCUT2D eigenvalue weighted by molar-refractivity contribution is 5.92. The van der Waals surface area contributed by atoms with E-state index in [4.69, 9.17) is 4.74 Å².